The summed E-state index contributed by atoms with van der Waals surface area (Å²) in [6.07, 6.45) is 3.29. The van der Waals surface area contributed by atoms with Crippen LogP contribution in [0, 0.1) is 5.82 Å². The van der Waals surface area contributed by atoms with E-state index in [1.807, 2.05) is 6.07 Å². The van der Waals surface area contributed by atoms with E-state index in [9.17, 15) is 17.6 Å². The van der Waals surface area contributed by atoms with Gasteiger partial charge in [-0.05, 0) is 42.0 Å². The van der Waals surface area contributed by atoms with Crippen molar-refractivity contribution in [2.75, 3.05) is 0 Å². The van der Waals surface area contributed by atoms with E-state index in [0.29, 0.717) is 12.1 Å². The van der Waals surface area contributed by atoms with Crippen LogP contribution in [0.3, 0.4) is 0 Å². The van der Waals surface area contributed by atoms with Crippen molar-refractivity contribution < 1.29 is 17.6 Å². The lowest BCUT2D eigenvalue weighted by Crippen LogP contribution is -2.25. The highest BCUT2D eigenvalue weighted by atomic mass is 32.2. The molecule has 0 fully saturated rings. The van der Waals surface area contributed by atoms with Crippen LogP contribution in [0.2, 0.25) is 0 Å². The molecule has 1 amide bonds. The molecule has 144 valence electrons. The van der Waals surface area contributed by atoms with Crippen LogP contribution in [0.1, 0.15) is 21.5 Å². The topological polar surface area (TPSA) is 88.2 Å². The lowest BCUT2D eigenvalue weighted by Gasteiger charge is -2.09. The molecule has 2 N–H and O–H groups in total. The Bertz CT molecular complexity index is 1060. The molecule has 3 rings (SSSR count). The van der Waals surface area contributed by atoms with Crippen molar-refractivity contribution in [1.82, 2.24) is 15.0 Å². The van der Waals surface area contributed by atoms with Gasteiger partial charge in [0, 0.05) is 36.6 Å². The summed E-state index contributed by atoms with van der Waals surface area (Å²) in [5.41, 5.74) is 1.43. The summed E-state index contributed by atoms with van der Waals surface area (Å²) < 4.78 is 40.7. The number of halogens is 1. The van der Waals surface area contributed by atoms with Crippen LogP contribution >= 0.6 is 0 Å². The van der Waals surface area contributed by atoms with E-state index in [0.717, 1.165) is 5.56 Å². The molecular weight excluding hydrogens is 381 g/mol. The molecule has 0 aliphatic carbocycles. The minimum absolute atomic E-state index is 0.00681. The average Bonchev–Trinajstić information content (AvgIpc) is 2.72. The van der Waals surface area contributed by atoms with Crippen LogP contribution in [0.4, 0.5) is 4.39 Å². The molecule has 0 radical (unpaired) electrons. The number of amides is 1. The monoisotopic (exact) mass is 399 g/mol. The van der Waals surface area contributed by atoms with E-state index in [2.05, 4.69) is 15.0 Å². The maximum absolute atomic E-state index is 13.6. The number of sulfonamides is 1. The Labute approximate surface area is 162 Å². The first-order chi connectivity index (χ1) is 13.5. The Morgan fingerprint density at radius 1 is 0.964 bits per heavy atom. The van der Waals surface area contributed by atoms with Crippen LogP contribution in [0.15, 0.2) is 78.0 Å². The van der Waals surface area contributed by atoms with Gasteiger partial charge in [0.1, 0.15) is 5.82 Å². The zero-order valence-corrected chi connectivity index (χ0v) is 15.6. The Balaban J connectivity index is 1.62. The average molecular weight is 399 g/mol. The summed E-state index contributed by atoms with van der Waals surface area (Å²) in [7, 11) is -3.83. The van der Waals surface area contributed by atoms with E-state index in [4.69, 9.17) is 0 Å². The molecule has 1 heterocycles. The van der Waals surface area contributed by atoms with Gasteiger partial charge in [-0.2, -0.15) is 0 Å². The molecule has 0 spiro atoms. The molecule has 0 bridgehead atoms. The fourth-order valence-electron chi connectivity index (χ4n) is 2.47. The Kier molecular flexibility index (Phi) is 6.13. The van der Waals surface area contributed by atoms with Crippen LogP contribution in [0.5, 0.6) is 0 Å². The molecule has 3 aromatic rings. The molecule has 28 heavy (non-hydrogen) atoms. The van der Waals surface area contributed by atoms with Gasteiger partial charge < -0.3 is 5.32 Å². The molecule has 0 saturated heterocycles. The smallest absolute Gasteiger partial charge is 0.251 e. The molecule has 0 saturated carbocycles. The third-order valence-electron chi connectivity index (χ3n) is 4.01. The first-order valence-corrected chi connectivity index (χ1v) is 9.94. The Hall–Kier alpha value is -3.10. The van der Waals surface area contributed by atoms with Gasteiger partial charge in [0.05, 0.1) is 4.90 Å². The fraction of sp³-hybridized carbons (Fsp3) is 0.100. The van der Waals surface area contributed by atoms with Crippen molar-refractivity contribution in [1.29, 1.82) is 0 Å². The minimum Gasteiger partial charge on any atom is -0.348 e. The number of hydrogen-bond acceptors (Lipinski definition) is 4. The number of benzene rings is 2. The first kappa shape index (κ1) is 19.7. The third-order valence-corrected chi connectivity index (χ3v) is 5.43. The van der Waals surface area contributed by atoms with Crippen LogP contribution in [-0.4, -0.2) is 19.3 Å². The molecule has 8 heteroatoms. The summed E-state index contributed by atoms with van der Waals surface area (Å²) in [6.45, 7) is 0.152. The summed E-state index contributed by atoms with van der Waals surface area (Å²) in [6, 6.07) is 15.1. The minimum atomic E-state index is -3.83. The number of carbonyl (C=O) groups is 1. The first-order valence-electron chi connectivity index (χ1n) is 8.46. The number of carbonyl (C=O) groups excluding carboxylic acids is 1. The second kappa shape index (κ2) is 8.73. The molecule has 6 nitrogen and oxygen atoms in total. The van der Waals surface area contributed by atoms with Crippen molar-refractivity contribution in [3.63, 3.8) is 0 Å². The second-order valence-electron chi connectivity index (χ2n) is 5.98. The zero-order valence-electron chi connectivity index (χ0n) is 14.8. The van der Waals surface area contributed by atoms with Crippen LogP contribution in [-0.2, 0) is 23.1 Å². The van der Waals surface area contributed by atoms with Gasteiger partial charge in [-0.1, -0.05) is 24.3 Å². The molecule has 0 unspecified atom stereocenters. The highest BCUT2D eigenvalue weighted by Crippen LogP contribution is 2.13. The number of nitrogens with zero attached hydrogens (tertiary/aromatic N) is 1. The maximum Gasteiger partial charge on any atom is 0.251 e. The summed E-state index contributed by atoms with van der Waals surface area (Å²) in [5.74, 6) is -0.807. The third kappa shape index (κ3) is 4.99. The second-order valence-corrected chi connectivity index (χ2v) is 7.75. The standard InChI is InChI=1S/C20H18FN3O3S/c21-19-6-2-1-5-17(19)14-24-28(26,27)18-9-7-16(8-10-18)20(25)23-13-15-4-3-11-22-12-15/h1-12,24H,13-14H2,(H,23,25). The lowest BCUT2D eigenvalue weighted by molar-refractivity contribution is 0.0951. The van der Waals surface area contributed by atoms with Gasteiger partial charge in [0.25, 0.3) is 5.91 Å². The van der Waals surface area contributed by atoms with Gasteiger partial charge in [-0.3, -0.25) is 9.78 Å². The van der Waals surface area contributed by atoms with Gasteiger partial charge in [-0.25, -0.2) is 17.5 Å². The quantitative estimate of drug-likeness (QED) is 0.639. The Morgan fingerprint density at radius 3 is 2.39 bits per heavy atom. The highest BCUT2D eigenvalue weighted by Gasteiger charge is 2.15. The molecule has 1 aromatic heterocycles. The normalized spacial score (nSPS) is 11.2. The molecular formula is C20H18FN3O3S. The van der Waals surface area contributed by atoms with Crippen LogP contribution in [0.25, 0.3) is 0 Å². The van der Waals surface area contributed by atoms with Crippen LogP contribution < -0.4 is 10.0 Å². The lowest BCUT2D eigenvalue weighted by atomic mass is 10.2. The van der Waals surface area contributed by atoms with E-state index >= 15 is 0 Å². The van der Waals surface area contributed by atoms with E-state index in [1.54, 1.807) is 24.5 Å². The summed E-state index contributed by atoms with van der Waals surface area (Å²) in [5, 5.41) is 2.74. The number of nitrogens with one attached hydrogen (secondary N) is 2. The molecule has 0 aliphatic heterocycles. The number of rotatable bonds is 7. The maximum atomic E-state index is 13.6. The van der Waals surface area contributed by atoms with E-state index in [1.165, 1.54) is 42.5 Å². The Morgan fingerprint density at radius 2 is 1.71 bits per heavy atom. The van der Waals surface area contributed by atoms with Gasteiger partial charge in [-0.15, -0.1) is 0 Å². The highest BCUT2D eigenvalue weighted by molar-refractivity contribution is 7.89. The van der Waals surface area contributed by atoms with Gasteiger partial charge in [0.2, 0.25) is 10.0 Å². The van der Waals surface area contributed by atoms with Gasteiger partial charge in [0.15, 0.2) is 0 Å². The molecule has 2 aromatic carbocycles. The van der Waals surface area contributed by atoms with E-state index < -0.39 is 15.8 Å². The van der Waals surface area contributed by atoms with Crippen molar-refractivity contribution in [3.8, 4) is 0 Å². The molecule has 0 atom stereocenters. The van der Waals surface area contributed by atoms with Crippen molar-refractivity contribution in [2.24, 2.45) is 0 Å². The van der Waals surface area contributed by atoms with E-state index in [-0.39, 0.29) is 22.9 Å². The fourth-order valence-corrected chi connectivity index (χ4v) is 3.48. The number of hydrogen-bond donors (Lipinski definition) is 2. The predicted molar refractivity (Wildman–Crippen MR) is 102 cm³/mol. The van der Waals surface area contributed by atoms with Crippen molar-refractivity contribution >= 4 is 15.9 Å². The van der Waals surface area contributed by atoms with Crippen molar-refractivity contribution in [3.05, 3.63) is 95.6 Å². The van der Waals surface area contributed by atoms with Gasteiger partial charge >= 0.3 is 0 Å². The number of pyridine rings is 1. The predicted octanol–water partition coefficient (Wildman–Crippen LogP) is 2.63. The molecule has 0 aliphatic rings. The SMILES string of the molecule is O=C(NCc1cccnc1)c1ccc(S(=O)(=O)NCc2ccccc2F)cc1. The summed E-state index contributed by atoms with van der Waals surface area (Å²) in [4.78, 5) is 16.2. The largest absolute Gasteiger partial charge is 0.348 e. The number of aromatic nitrogens is 1. The summed E-state index contributed by atoms with van der Waals surface area (Å²) >= 11 is 0. The zero-order chi connectivity index (χ0) is 20.0. The van der Waals surface area contributed by atoms with Crippen molar-refractivity contribution in [2.45, 2.75) is 18.0 Å².